The van der Waals surface area contributed by atoms with Crippen LogP contribution in [0.25, 0.3) is 0 Å². The van der Waals surface area contributed by atoms with E-state index < -0.39 is 0 Å². The Balaban J connectivity index is 1.98. The van der Waals surface area contributed by atoms with Crippen LogP contribution in [-0.2, 0) is 18.3 Å². The molecular weight excluding hydrogens is 222 g/mol. The lowest BCUT2D eigenvalue weighted by atomic mass is 9.86. The van der Waals surface area contributed by atoms with E-state index in [0.717, 1.165) is 18.5 Å². The average Bonchev–Trinajstić information content (AvgIpc) is 2.72. The van der Waals surface area contributed by atoms with Crippen LogP contribution in [0.15, 0.2) is 30.3 Å². The Labute approximate surface area is 108 Å². The summed E-state index contributed by atoms with van der Waals surface area (Å²) < 4.78 is 0. The highest BCUT2D eigenvalue weighted by Gasteiger charge is 2.12. The van der Waals surface area contributed by atoms with Crippen LogP contribution in [0.2, 0.25) is 0 Å². The van der Waals surface area contributed by atoms with Crippen LogP contribution in [0.4, 0.5) is 5.82 Å². The SMILES string of the molecule is CC(C)(C)c1ccc(CCc2cc(N)n[nH]2)cc1. The Morgan fingerprint density at radius 1 is 1.11 bits per heavy atom. The van der Waals surface area contributed by atoms with Crippen LogP contribution >= 0.6 is 0 Å². The Morgan fingerprint density at radius 2 is 1.78 bits per heavy atom. The van der Waals surface area contributed by atoms with Crippen LogP contribution in [-0.4, -0.2) is 10.2 Å². The summed E-state index contributed by atoms with van der Waals surface area (Å²) in [7, 11) is 0. The Kier molecular flexibility index (Phi) is 3.41. The van der Waals surface area contributed by atoms with Gasteiger partial charge in [-0.05, 0) is 29.4 Å². The predicted molar refractivity (Wildman–Crippen MR) is 75.6 cm³/mol. The summed E-state index contributed by atoms with van der Waals surface area (Å²) >= 11 is 0. The third-order valence-electron chi connectivity index (χ3n) is 3.15. The highest BCUT2D eigenvalue weighted by atomic mass is 15.1. The largest absolute Gasteiger partial charge is 0.382 e. The van der Waals surface area contributed by atoms with Gasteiger partial charge < -0.3 is 5.73 Å². The van der Waals surface area contributed by atoms with Crippen molar-refractivity contribution in [1.29, 1.82) is 0 Å². The summed E-state index contributed by atoms with van der Waals surface area (Å²) in [6.07, 6.45) is 1.95. The van der Waals surface area contributed by atoms with Crippen molar-refractivity contribution >= 4 is 5.82 Å². The van der Waals surface area contributed by atoms with Crippen molar-refractivity contribution < 1.29 is 0 Å². The summed E-state index contributed by atoms with van der Waals surface area (Å²) in [5, 5.41) is 6.86. The summed E-state index contributed by atoms with van der Waals surface area (Å²) in [5.41, 5.74) is 9.60. The average molecular weight is 243 g/mol. The monoisotopic (exact) mass is 243 g/mol. The molecule has 0 unspecified atom stereocenters. The number of aromatic nitrogens is 2. The molecule has 3 nitrogen and oxygen atoms in total. The van der Waals surface area contributed by atoms with Crippen molar-refractivity contribution in [3.8, 4) is 0 Å². The molecule has 0 aliphatic rings. The first-order valence-corrected chi connectivity index (χ1v) is 6.34. The number of H-pyrrole nitrogens is 1. The number of nitrogen functional groups attached to an aromatic ring is 1. The first-order chi connectivity index (χ1) is 8.45. The number of anilines is 1. The minimum atomic E-state index is 0.219. The smallest absolute Gasteiger partial charge is 0.145 e. The third kappa shape index (κ3) is 3.13. The van der Waals surface area contributed by atoms with E-state index in [9.17, 15) is 0 Å². The Hall–Kier alpha value is -1.77. The minimum absolute atomic E-state index is 0.219. The molecule has 0 aliphatic heterocycles. The first kappa shape index (κ1) is 12.7. The molecule has 2 aromatic rings. The maximum absolute atomic E-state index is 5.57. The zero-order valence-corrected chi connectivity index (χ0v) is 11.3. The molecule has 3 N–H and O–H groups in total. The molecule has 0 fully saturated rings. The summed E-state index contributed by atoms with van der Waals surface area (Å²) in [6.45, 7) is 6.69. The van der Waals surface area contributed by atoms with E-state index in [1.165, 1.54) is 11.1 Å². The van der Waals surface area contributed by atoms with Gasteiger partial charge in [-0.2, -0.15) is 5.10 Å². The topological polar surface area (TPSA) is 54.7 Å². The van der Waals surface area contributed by atoms with Crippen LogP contribution in [0.3, 0.4) is 0 Å². The summed E-state index contributed by atoms with van der Waals surface area (Å²) in [6, 6.07) is 10.7. The van der Waals surface area contributed by atoms with Gasteiger partial charge in [-0.25, -0.2) is 0 Å². The maximum Gasteiger partial charge on any atom is 0.145 e. The molecule has 1 aromatic heterocycles. The number of hydrogen-bond acceptors (Lipinski definition) is 2. The zero-order valence-electron chi connectivity index (χ0n) is 11.3. The van der Waals surface area contributed by atoms with Crippen molar-refractivity contribution in [3.63, 3.8) is 0 Å². The third-order valence-corrected chi connectivity index (χ3v) is 3.15. The molecule has 0 atom stereocenters. The molecule has 2 rings (SSSR count). The van der Waals surface area contributed by atoms with Gasteiger partial charge in [0, 0.05) is 11.8 Å². The molecule has 0 bridgehead atoms. The van der Waals surface area contributed by atoms with Gasteiger partial charge in [-0.3, -0.25) is 5.10 Å². The lowest BCUT2D eigenvalue weighted by Gasteiger charge is -2.19. The Bertz CT molecular complexity index is 503. The van der Waals surface area contributed by atoms with Crippen molar-refractivity contribution in [1.82, 2.24) is 10.2 Å². The van der Waals surface area contributed by atoms with E-state index in [1.807, 2.05) is 6.07 Å². The molecule has 0 saturated carbocycles. The predicted octanol–water partition coefficient (Wildman–Crippen LogP) is 3.07. The number of nitrogens with one attached hydrogen (secondary N) is 1. The quantitative estimate of drug-likeness (QED) is 0.870. The number of aromatic amines is 1. The molecule has 0 spiro atoms. The lowest BCUT2D eigenvalue weighted by Crippen LogP contribution is -2.10. The van der Waals surface area contributed by atoms with E-state index in [1.54, 1.807) is 0 Å². The second kappa shape index (κ2) is 4.84. The Morgan fingerprint density at radius 3 is 2.28 bits per heavy atom. The molecule has 1 aromatic carbocycles. The van der Waals surface area contributed by atoms with Crippen molar-refractivity contribution in [3.05, 3.63) is 47.2 Å². The molecule has 1 heterocycles. The molecule has 0 saturated heterocycles. The van der Waals surface area contributed by atoms with Gasteiger partial charge in [0.25, 0.3) is 0 Å². The summed E-state index contributed by atoms with van der Waals surface area (Å²) in [5.74, 6) is 0.563. The van der Waals surface area contributed by atoms with Crippen LogP contribution < -0.4 is 5.73 Å². The number of nitrogens with zero attached hydrogens (tertiary/aromatic N) is 1. The maximum atomic E-state index is 5.57. The van der Waals surface area contributed by atoms with Crippen LogP contribution in [0.1, 0.15) is 37.6 Å². The van der Waals surface area contributed by atoms with Crippen molar-refractivity contribution in [2.24, 2.45) is 0 Å². The van der Waals surface area contributed by atoms with E-state index in [-0.39, 0.29) is 5.41 Å². The fourth-order valence-electron chi connectivity index (χ4n) is 1.96. The van der Waals surface area contributed by atoms with Gasteiger partial charge >= 0.3 is 0 Å². The lowest BCUT2D eigenvalue weighted by molar-refractivity contribution is 0.590. The van der Waals surface area contributed by atoms with Gasteiger partial charge in [-0.15, -0.1) is 0 Å². The molecule has 0 aliphatic carbocycles. The molecular formula is C15H21N3. The minimum Gasteiger partial charge on any atom is -0.382 e. The molecule has 0 radical (unpaired) electrons. The number of rotatable bonds is 3. The molecule has 96 valence electrons. The summed E-state index contributed by atoms with van der Waals surface area (Å²) in [4.78, 5) is 0. The fourth-order valence-corrected chi connectivity index (χ4v) is 1.96. The van der Waals surface area contributed by atoms with Gasteiger partial charge in [0.05, 0.1) is 0 Å². The van der Waals surface area contributed by atoms with Crippen LogP contribution in [0.5, 0.6) is 0 Å². The molecule has 18 heavy (non-hydrogen) atoms. The number of aryl methyl sites for hydroxylation is 2. The normalized spacial score (nSPS) is 11.7. The second-order valence-electron chi connectivity index (χ2n) is 5.76. The van der Waals surface area contributed by atoms with E-state index in [0.29, 0.717) is 5.82 Å². The molecule has 0 amide bonds. The number of benzene rings is 1. The highest BCUT2D eigenvalue weighted by Crippen LogP contribution is 2.22. The standard InChI is InChI=1S/C15H21N3/c1-15(2,3)12-7-4-11(5-8-12)6-9-13-10-14(16)18-17-13/h4-5,7-8,10H,6,9H2,1-3H3,(H3,16,17,18). The fraction of sp³-hybridized carbons (Fsp3) is 0.400. The van der Waals surface area contributed by atoms with Gasteiger partial charge in [0.1, 0.15) is 5.82 Å². The van der Waals surface area contributed by atoms with Gasteiger partial charge in [0.2, 0.25) is 0 Å². The number of nitrogens with two attached hydrogens (primary N) is 1. The van der Waals surface area contributed by atoms with Crippen molar-refractivity contribution in [2.75, 3.05) is 5.73 Å². The van der Waals surface area contributed by atoms with Gasteiger partial charge in [0.15, 0.2) is 0 Å². The molecule has 3 heteroatoms. The van der Waals surface area contributed by atoms with Gasteiger partial charge in [-0.1, -0.05) is 45.0 Å². The van der Waals surface area contributed by atoms with Crippen LogP contribution in [0, 0.1) is 0 Å². The highest BCUT2D eigenvalue weighted by molar-refractivity contribution is 5.30. The first-order valence-electron chi connectivity index (χ1n) is 6.34. The van der Waals surface area contributed by atoms with E-state index in [4.69, 9.17) is 5.73 Å². The second-order valence-corrected chi connectivity index (χ2v) is 5.76. The van der Waals surface area contributed by atoms with E-state index in [2.05, 4.69) is 55.2 Å². The number of hydrogen-bond donors (Lipinski definition) is 2. The van der Waals surface area contributed by atoms with E-state index >= 15 is 0 Å². The van der Waals surface area contributed by atoms with Crippen molar-refractivity contribution in [2.45, 2.75) is 39.0 Å². The zero-order chi connectivity index (χ0) is 13.2.